The van der Waals surface area contributed by atoms with Gasteiger partial charge in [-0.2, -0.15) is 0 Å². The largest absolute Gasteiger partial charge is 0.480 e. The van der Waals surface area contributed by atoms with Crippen LogP contribution in [0.25, 0.3) is 0 Å². The van der Waals surface area contributed by atoms with Gasteiger partial charge < -0.3 is 15.2 Å². The Labute approximate surface area is 149 Å². The smallest absolute Gasteiger partial charge is 0.320 e. The van der Waals surface area contributed by atoms with Crippen molar-refractivity contribution >= 4 is 5.97 Å². The van der Waals surface area contributed by atoms with E-state index in [0.29, 0.717) is 13.0 Å². The molecule has 0 bridgehead atoms. The van der Waals surface area contributed by atoms with Crippen LogP contribution in [0.15, 0.2) is 54.6 Å². The van der Waals surface area contributed by atoms with Gasteiger partial charge in [-0.1, -0.05) is 51.1 Å². The second kappa shape index (κ2) is 8.67. The number of para-hydroxylation sites is 1. The highest BCUT2D eigenvalue weighted by molar-refractivity contribution is 5.73. The number of carboxylic acid groups (broad SMARTS) is 1. The predicted molar refractivity (Wildman–Crippen MR) is 99.9 cm³/mol. The lowest BCUT2D eigenvalue weighted by molar-refractivity contribution is -0.139. The molecule has 4 heteroatoms. The fourth-order valence-electron chi connectivity index (χ4n) is 2.43. The van der Waals surface area contributed by atoms with Gasteiger partial charge >= 0.3 is 5.97 Å². The summed E-state index contributed by atoms with van der Waals surface area (Å²) in [5.74, 6) is 0.757. The van der Waals surface area contributed by atoms with E-state index >= 15 is 0 Å². The van der Waals surface area contributed by atoms with Crippen molar-refractivity contribution in [1.29, 1.82) is 0 Å². The molecule has 25 heavy (non-hydrogen) atoms. The van der Waals surface area contributed by atoms with Crippen molar-refractivity contribution in [2.24, 2.45) is 5.41 Å². The van der Waals surface area contributed by atoms with Gasteiger partial charge in [0.05, 0.1) is 0 Å². The first-order valence-corrected chi connectivity index (χ1v) is 8.61. The Bertz CT molecular complexity index is 660. The maximum absolute atomic E-state index is 11.4. The number of nitrogens with one attached hydrogen (secondary N) is 1. The topological polar surface area (TPSA) is 58.6 Å². The molecular formula is C21H27NO3. The van der Waals surface area contributed by atoms with Crippen molar-refractivity contribution in [2.45, 2.75) is 46.2 Å². The van der Waals surface area contributed by atoms with Gasteiger partial charge in [-0.25, -0.2) is 0 Å². The monoisotopic (exact) mass is 341 g/mol. The highest BCUT2D eigenvalue weighted by Gasteiger charge is 2.20. The van der Waals surface area contributed by atoms with E-state index in [2.05, 4.69) is 26.1 Å². The van der Waals surface area contributed by atoms with Crippen LogP contribution in [0.4, 0.5) is 0 Å². The van der Waals surface area contributed by atoms with Crippen LogP contribution in [0.5, 0.6) is 11.5 Å². The average molecular weight is 341 g/mol. The van der Waals surface area contributed by atoms with Gasteiger partial charge in [0.25, 0.3) is 0 Å². The molecule has 0 radical (unpaired) electrons. The summed E-state index contributed by atoms with van der Waals surface area (Å²) in [6, 6.07) is 16.8. The van der Waals surface area contributed by atoms with E-state index in [0.717, 1.165) is 23.5 Å². The third-order valence-corrected chi connectivity index (χ3v) is 3.94. The molecule has 0 aliphatic rings. The zero-order valence-corrected chi connectivity index (χ0v) is 15.2. The maximum atomic E-state index is 11.4. The highest BCUT2D eigenvalue weighted by Crippen LogP contribution is 2.23. The number of rotatable bonds is 8. The summed E-state index contributed by atoms with van der Waals surface area (Å²) in [6.45, 7) is 6.89. The van der Waals surface area contributed by atoms with E-state index in [1.54, 1.807) is 0 Å². The van der Waals surface area contributed by atoms with Crippen LogP contribution >= 0.6 is 0 Å². The Morgan fingerprint density at radius 2 is 1.64 bits per heavy atom. The minimum atomic E-state index is -0.798. The third kappa shape index (κ3) is 6.98. The van der Waals surface area contributed by atoms with E-state index in [-0.39, 0.29) is 5.41 Å². The summed E-state index contributed by atoms with van der Waals surface area (Å²) >= 11 is 0. The van der Waals surface area contributed by atoms with Gasteiger partial charge in [0, 0.05) is 6.54 Å². The van der Waals surface area contributed by atoms with Crippen molar-refractivity contribution in [2.75, 3.05) is 0 Å². The molecule has 2 aromatic rings. The molecule has 2 rings (SSSR count). The molecule has 0 amide bonds. The van der Waals surface area contributed by atoms with E-state index in [1.807, 2.05) is 54.6 Å². The van der Waals surface area contributed by atoms with E-state index in [9.17, 15) is 9.90 Å². The predicted octanol–water partition coefficient (Wildman–Crippen LogP) is 4.85. The van der Waals surface area contributed by atoms with Crippen LogP contribution in [0.2, 0.25) is 0 Å². The molecule has 2 N–H and O–H groups in total. The molecule has 0 aliphatic heterocycles. The van der Waals surface area contributed by atoms with Crippen LogP contribution < -0.4 is 10.1 Å². The molecule has 134 valence electrons. The van der Waals surface area contributed by atoms with Crippen molar-refractivity contribution in [3.05, 3.63) is 60.2 Å². The number of carbonyl (C=O) groups is 1. The lowest BCUT2D eigenvalue weighted by Crippen LogP contribution is -2.36. The standard InChI is InChI=1S/C21H27NO3/c1-21(2,3)14-13-19(20(23)24)22-15-16-9-11-18(12-10-16)25-17-7-5-4-6-8-17/h4-12,19,22H,13-15H2,1-3H3,(H,23,24)/t19-/m0/s1. The molecule has 0 aromatic heterocycles. The normalized spacial score (nSPS) is 12.6. The second-order valence-electron chi connectivity index (χ2n) is 7.43. The minimum Gasteiger partial charge on any atom is -0.480 e. The summed E-state index contributed by atoms with van der Waals surface area (Å²) < 4.78 is 5.76. The highest BCUT2D eigenvalue weighted by atomic mass is 16.5. The van der Waals surface area contributed by atoms with Gasteiger partial charge in [0.1, 0.15) is 17.5 Å². The van der Waals surface area contributed by atoms with Gasteiger partial charge in [0.2, 0.25) is 0 Å². The SMILES string of the molecule is CC(C)(C)CC[C@H](NCc1ccc(Oc2ccccc2)cc1)C(=O)O. The molecule has 0 fully saturated rings. The van der Waals surface area contributed by atoms with Gasteiger partial charge in [-0.3, -0.25) is 4.79 Å². The molecule has 2 aromatic carbocycles. The Morgan fingerprint density at radius 1 is 1.04 bits per heavy atom. The van der Waals surface area contributed by atoms with Gasteiger partial charge in [0.15, 0.2) is 0 Å². The molecule has 4 nitrogen and oxygen atoms in total. The number of hydrogen-bond donors (Lipinski definition) is 2. The molecule has 1 atom stereocenters. The number of aliphatic carboxylic acids is 1. The van der Waals surface area contributed by atoms with E-state index in [4.69, 9.17) is 4.74 Å². The van der Waals surface area contributed by atoms with Gasteiger partial charge in [-0.05, 0) is 48.1 Å². The van der Waals surface area contributed by atoms with Crippen LogP contribution in [0.3, 0.4) is 0 Å². The molecule has 0 heterocycles. The van der Waals surface area contributed by atoms with Crippen LogP contribution in [-0.2, 0) is 11.3 Å². The van der Waals surface area contributed by atoms with Crippen molar-refractivity contribution in [3.63, 3.8) is 0 Å². The Hall–Kier alpha value is -2.33. The van der Waals surface area contributed by atoms with Crippen LogP contribution in [-0.4, -0.2) is 17.1 Å². The van der Waals surface area contributed by atoms with Crippen LogP contribution in [0.1, 0.15) is 39.2 Å². The lowest BCUT2D eigenvalue weighted by Gasteiger charge is -2.21. The zero-order valence-electron chi connectivity index (χ0n) is 15.2. The van der Waals surface area contributed by atoms with Crippen LogP contribution in [0, 0.1) is 5.41 Å². The lowest BCUT2D eigenvalue weighted by atomic mass is 9.88. The number of ether oxygens (including phenoxy) is 1. The summed E-state index contributed by atoms with van der Waals surface area (Å²) in [5.41, 5.74) is 1.16. The van der Waals surface area contributed by atoms with Crippen molar-refractivity contribution in [3.8, 4) is 11.5 Å². The fraction of sp³-hybridized carbons (Fsp3) is 0.381. The van der Waals surface area contributed by atoms with Gasteiger partial charge in [-0.15, -0.1) is 0 Å². The summed E-state index contributed by atoms with van der Waals surface area (Å²) in [7, 11) is 0. The molecular weight excluding hydrogens is 314 g/mol. The minimum absolute atomic E-state index is 0.131. The third-order valence-electron chi connectivity index (χ3n) is 3.94. The van der Waals surface area contributed by atoms with E-state index < -0.39 is 12.0 Å². The summed E-state index contributed by atoms with van der Waals surface area (Å²) in [6.07, 6.45) is 1.48. The first kappa shape index (κ1) is 19.0. The molecule has 0 unspecified atom stereocenters. The molecule has 0 saturated carbocycles. The molecule has 0 spiro atoms. The number of benzene rings is 2. The maximum Gasteiger partial charge on any atom is 0.320 e. The summed E-state index contributed by atoms with van der Waals surface area (Å²) in [4.78, 5) is 11.4. The van der Waals surface area contributed by atoms with Crippen molar-refractivity contribution in [1.82, 2.24) is 5.32 Å². The summed E-state index contributed by atoms with van der Waals surface area (Å²) in [5, 5.41) is 12.5. The number of carboxylic acids is 1. The fourth-order valence-corrected chi connectivity index (χ4v) is 2.43. The quantitative estimate of drug-likeness (QED) is 0.721. The van der Waals surface area contributed by atoms with E-state index in [1.165, 1.54) is 0 Å². The first-order valence-electron chi connectivity index (χ1n) is 8.61. The average Bonchev–Trinajstić information content (AvgIpc) is 2.56. The molecule has 0 aliphatic carbocycles. The Kier molecular flexibility index (Phi) is 6.59. The second-order valence-corrected chi connectivity index (χ2v) is 7.43. The van der Waals surface area contributed by atoms with Crippen molar-refractivity contribution < 1.29 is 14.6 Å². The first-order chi connectivity index (χ1) is 11.8. The number of hydrogen-bond acceptors (Lipinski definition) is 3. The zero-order chi connectivity index (χ0) is 18.3. The Balaban J connectivity index is 1.88. The molecule has 0 saturated heterocycles. The Morgan fingerprint density at radius 3 is 2.20 bits per heavy atom.